The van der Waals surface area contributed by atoms with Crippen LogP contribution >= 0.6 is 0 Å². The van der Waals surface area contributed by atoms with E-state index in [1.54, 1.807) is 0 Å². The van der Waals surface area contributed by atoms with E-state index in [2.05, 4.69) is 0 Å². The molecule has 68 valence electrons. The van der Waals surface area contributed by atoms with Crippen molar-refractivity contribution >= 4 is 0 Å². The predicted octanol–water partition coefficient (Wildman–Crippen LogP) is -1.16. The molecule has 0 aliphatic carbocycles. The zero-order valence-electron chi connectivity index (χ0n) is 7.27. The first kappa shape index (κ1) is 9.22. The number of aliphatic hydroxyl groups excluding tert-OH is 2. The van der Waals surface area contributed by atoms with Crippen molar-refractivity contribution in [1.29, 1.82) is 0 Å². The Morgan fingerprint density at radius 3 is 2.75 bits per heavy atom. The molecule has 0 bridgehead atoms. The zero-order chi connectivity index (χ0) is 8.97. The normalized spacial score (nSPS) is 10.6. The van der Waals surface area contributed by atoms with Crippen molar-refractivity contribution in [1.82, 2.24) is 4.57 Å². The van der Waals surface area contributed by atoms with E-state index in [1.807, 2.05) is 28.6 Å². The van der Waals surface area contributed by atoms with Gasteiger partial charge in [-0.2, -0.15) is 0 Å². The number of aromatic nitrogens is 2. The number of rotatable bonds is 4. The Balaban J connectivity index is 2.80. The minimum Gasteiger partial charge on any atom is -0.396 e. The van der Waals surface area contributed by atoms with Crippen LogP contribution in [0.25, 0.3) is 0 Å². The van der Waals surface area contributed by atoms with Gasteiger partial charge >= 0.3 is 0 Å². The summed E-state index contributed by atoms with van der Waals surface area (Å²) < 4.78 is 3.89. The second-order valence-corrected chi connectivity index (χ2v) is 2.72. The van der Waals surface area contributed by atoms with E-state index in [0.29, 0.717) is 13.0 Å². The SMILES string of the molecule is C[n+]1ccn(CCO)c1CCO. The molecule has 0 saturated carbocycles. The van der Waals surface area contributed by atoms with Crippen molar-refractivity contribution in [3.8, 4) is 0 Å². The highest BCUT2D eigenvalue weighted by molar-refractivity contribution is 4.83. The Bertz CT molecular complexity index is 245. The summed E-state index contributed by atoms with van der Waals surface area (Å²) in [4.78, 5) is 0. The van der Waals surface area contributed by atoms with Crippen molar-refractivity contribution in [2.75, 3.05) is 13.2 Å². The molecule has 1 rings (SSSR count). The van der Waals surface area contributed by atoms with Gasteiger partial charge in [0.2, 0.25) is 0 Å². The largest absolute Gasteiger partial charge is 0.396 e. The van der Waals surface area contributed by atoms with Gasteiger partial charge in [0, 0.05) is 0 Å². The van der Waals surface area contributed by atoms with Gasteiger partial charge in [-0.25, -0.2) is 9.13 Å². The van der Waals surface area contributed by atoms with E-state index in [9.17, 15) is 0 Å². The van der Waals surface area contributed by atoms with Crippen LogP contribution in [0.2, 0.25) is 0 Å². The highest BCUT2D eigenvalue weighted by Crippen LogP contribution is 1.95. The van der Waals surface area contributed by atoms with Crippen LogP contribution in [0, 0.1) is 0 Å². The van der Waals surface area contributed by atoms with Crippen LogP contribution in [0.1, 0.15) is 5.82 Å². The van der Waals surface area contributed by atoms with E-state index in [0.717, 1.165) is 5.82 Å². The van der Waals surface area contributed by atoms with Gasteiger partial charge < -0.3 is 10.2 Å². The van der Waals surface area contributed by atoms with E-state index in [4.69, 9.17) is 10.2 Å². The summed E-state index contributed by atoms with van der Waals surface area (Å²) in [5.41, 5.74) is 0. The van der Waals surface area contributed by atoms with Crippen molar-refractivity contribution in [2.24, 2.45) is 7.05 Å². The summed E-state index contributed by atoms with van der Waals surface area (Å²) in [6.07, 6.45) is 4.45. The van der Waals surface area contributed by atoms with E-state index in [1.165, 1.54) is 0 Å². The summed E-state index contributed by atoms with van der Waals surface area (Å²) in [7, 11) is 1.93. The summed E-state index contributed by atoms with van der Waals surface area (Å²) >= 11 is 0. The van der Waals surface area contributed by atoms with Crippen molar-refractivity contribution in [3.05, 3.63) is 18.2 Å². The number of imidazole rings is 1. The molecule has 2 N–H and O–H groups in total. The lowest BCUT2D eigenvalue weighted by atomic mass is 10.4. The summed E-state index contributed by atoms with van der Waals surface area (Å²) in [6, 6.07) is 0. The maximum atomic E-state index is 8.77. The molecule has 4 heteroatoms. The van der Waals surface area contributed by atoms with E-state index in [-0.39, 0.29) is 13.2 Å². The first-order chi connectivity index (χ1) is 5.79. The van der Waals surface area contributed by atoms with Gasteiger partial charge in [-0.3, -0.25) is 0 Å². The van der Waals surface area contributed by atoms with Gasteiger partial charge in [0.25, 0.3) is 5.82 Å². The lowest BCUT2D eigenvalue weighted by molar-refractivity contribution is -0.679. The van der Waals surface area contributed by atoms with Gasteiger partial charge in [0.15, 0.2) is 0 Å². The smallest absolute Gasteiger partial charge is 0.258 e. The Morgan fingerprint density at radius 1 is 1.42 bits per heavy atom. The summed E-state index contributed by atoms with van der Waals surface area (Å²) in [5, 5.41) is 17.5. The molecule has 0 unspecified atom stereocenters. The Labute approximate surface area is 71.7 Å². The average Bonchev–Trinajstić information content (AvgIpc) is 2.37. The highest BCUT2D eigenvalue weighted by Gasteiger charge is 2.12. The second kappa shape index (κ2) is 4.23. The fraction of sp³-hybridized carbons (Fsp3) is 0.625. The van der Waals surface area contributed by atoms with E-state index < -0.39 is 0 Å². The van der Waals surface area contributed by atoms with Gasteiger partial charge in [-0.05, 0) is 0 Å². The number of aliphatic hydroxyl groups is 2. The molecule has 0 radical (unpaired) electrons. The van der Waals surface area contributed by atoms with Gasteiger partial charge in [-0.15, -0.1) is 0 Å². The minimum absolute atomic E-state index is 0.132. The molecule has 0 aliphatic heterocycles. The molecule has 1 aromatic heterocycles. The van der Waals surface area contributed by atoms with Crippen molar-refractivity contribution in [2.45, 2.75) is 13.0 Å². The number of hydrogen-bond donors (Lipinski definition) is 2. The van der Waals surface area contributed by atoms with Crippen molar-refractivity contribution < 1.29 is 14.8 Å². The molecule has 0 aliphatic rings. The molecule has 12 heavy (non-hydrogen) atoms. The van der Waals surface area contributed by atoms with Crippen LogP contribution < -0.4 is 4.57 Å². The maximum absolute atomic E-state index is 8.77. The van der Waals surface area contributed by atoms with Crippen LogP contribution in [0.4, 0.5) is 0 Å². The Morgan fingerprint density at radius 2 is 2.17 bits per heavy atom. The molecular formula is C8H15N2O2+. The summed E-state index contributed by atoms with van der Waals surface area (Å²) in [6.45, 7) is 0.868. The third-order valence-corrected chi connectivity index (χ3v) is 1.89. The number of nitrogens with zero attached hydrogens (tertiary/aromatic N) is 2. The van der Waals surface area contributed by atoms with Crippen molar-refractivity contribution in [3.63, 3.8) is 0 Å². The zero-order valence-corrected chi connectivity index (χ0v) is 7.27. The maximum Gasteiger partial charge on any atom is 0.258 e. The topological polar surface area (TPSA) is 49.3 Å². The molecule has 4 nitrogen and oxygen atoms in total. The molecule has 1 heterocycles. The van der Waals surface area contributed by atoms with Crippen LogP contribution in [0.15, 0.2) is 12.4 Å². The average molecular weight is 171 g/mol. The third-order valence-electron chi connectivity index (χ3n) is 1.89. The monoisotopic (exact) mass is 171 g/mol. The molecule has 0 spiro atoms. The minimum atomic E-state index is 0.132. The Kier molecular flexibility index (Phi) is 3.25. The highest BCUT2D eigenvalue weighted by atomic mass is 16.3. The molecule has 1 aromatic rings. The predicted molar refractivity (Wildman–Crippen MR) is 43.5 cm³/mol. The fourth-order valence-electron chi connectivity index (χ4n) is 1.29. The summed E-state index contributed by atoms with van der Waals surface area (Å²) in [5.74, 6) is 1.03. The third kappa shape index (κ3) is 1.84. The molecular weight excluding hydrogens is 156 g/mol. The van der Waals surface area contributed by atoms with Crippen LogP contribution in [0.5, 0.6) is 0 Å². The first-order valence-corrected chi connectivity index (χ1v) is 4.05. The Hall–Kier alpha value is -0.870. The molecule has 0 aromatic carbocycles. The molecule has 0 saturated heterocycles. The number of hydrogen-bond acceptors (Lipinski definition) is 2. The van der Waals surface area contributed by atoms with Crippen LogP contribution in [-0.4, -0.2) is 28.0 Å². The second-order valence-electron chi connectivity index (χ2n) is 2.72. The fourth-order valence-corrected chi connectivity index (χ4v) is 1.29. The lowest BCUT2D eigenvalue weighted by Crippen LogP contribution is -2.33. The molecule has 0 atom stereocenters. The number of aryl methyl sites for hydroxylation is 1. The van der Waals surface area contributed by atoms with Crippen LogP contribution in [-0.2, 0) is 20.0 Å². The molecule has 0 amide bonds. The molecule has 0 fully saturated rings. The van der Waals surface area contributed by atoms with Gasteiger partial charge in [0.1, 0.15) is 18.9 Å². The lowest BCUT2D eigenvalue weighted by Gasteiger charge is -1.98. The standard InChI is InChI=1S/C8H15N2O2/c1-9-3-4-10(5-7-12)8(9)2-6-11/h3-4,11-12H,2,5-7H2,1H3/q+1. The first-order valence-electron chi connectivity index (χ1n) is 4.05. The van der Waals surface area contributed by atoms with Gasteiger partial charge in [-0.1, -0.05) is 0 Å². The van der Waals surface area contributed by atoms with Gasteiger partial charge in [0.05, 0.1) is 26.7 Å². The van der Waals surface area contributed by atoms with E-state index >= 15 is 0 Å². The van der Waals surface area contributed by atoms with Crippen LogP contribution in [0.3, 0.4) is 0 Å². The quantitative estimate of drug-likeness (QED) is 0.561.